The van der Waals surface area contributed by atoms with E-state index in [0.29, 0.717) is 0 Å². The van der Waals surface area contributed by atoms with Crippen LogP contribution < -0.4 is 17.0 Å². The van der Waals surface area contributed by atoms with E-state index in [9.17, 15) is 0 Å². The summed E-state index contributed by atoms with van der Waals surface area (Å²) in [4.78, 5) is 0. The molecule has 0 spiro atoms. The summed E-state index contributed by atoms with van der Waals surface area (Å²) < 4.78 is 2.29. The number of nitrogens with zero attached hydrogens (tertiary/aromatic N) is 1. The van der Waals surface area contributed by atoms with Crippen molar-refractivity contribution in [1.29, 1.82) is 0 Å². The first-order valence-electron chi connectivity index (χ1n) is 9.73. The van der Waals surface area contributed by atoms with Gasteiger partial charge in [0.05, 0.1) is 0 Å². The Hall–Kier alpha value is -0.560. The van der Waals surface area contributed by atoms with Crippen LogP contribution in [0.1, 0.15) is 90.9 Å². The molecule has 0 saturated heterocycles. The van der Waals surface area contributed by atoms with E-state index < -0.39 is 0 Å². The Kier molecular flexibility index (Phi) is 15.9. The predicted molar refractivity (Wildman–Crippen MR) is 96.9 cm³/mol. The topological polar surface area (TPSA) is 3.88 Å². The maximum atomic E-state index is 2.33. The molecule has 0 saturated carbocycles. The van der Waals surface area contributed by atoms with Gasteiger partial charge in [-0.05, 0) is 12.3 Å². The predicted octanol–water partition coefficient (Wildman–Crippen LogP) is 3.32. The third-order valence-corrected chi connectivity index (χ3v) is 4.48. The van der Waals surface area contributed by atoms with Gasteiger partial charge in [-0.3, -0.25) is 0 Å². The first-order valence-corrected chi connectivity index (χ1v) is 9.73. The van der Waals surface area contributed by atoms with Crippen LogP contribution in [-0.4, -0.2) is 0 Å². The molecular formula is C21H38ClN. The van der Waals surface area contributed by atoms with Gasteiger partial charge in [-0.2, -0.15) is 0 Å². The molecule has 0 N–H and O–H groups in total. The average molecular weight is 340 g/mol. The highest BCUT2D eigenvalue weighted by molar-refractivity contribution is 4.83. The first-order chi connectivity index (χ1) is 10.8. The normalized spacial score (nSPS) is 10.7. The first kappa shape index (κ1) is 22.4. The van der Waals surface area contributed by atoms with Crippen molar-refractivity contribution in [2.45, 2.75) is 97.4 Å². The smallest absolute Gasteiger partial charge is 0.168 e. The number of hydrogen-bond donors (Lipinski definition) is 0. The third kappa shape index (κ3) is 14.7. The van der Waals surface area contributed by atoms with Crippen LogP contribution in [0.4, 0.5) is 0 Å². The van der Waals surface area contributed by atoms with Crippen molar-refractivity contribution in [2.24, 2.45) is 5.92 Å². The lowest BCUT2D eigenvalue weighted by Crippen LogP contribution is -3.00. The Labute approximate surface area is 151 Å². The number of hydrogen-bond acceptors (Lipinski definition) is 0. The summed E-state index contributed by atoms with van der Waals surface area (Å²) in [6, 6.07) is 6.31. The van der Waals surface area contributed by atoms with Crippen molar-refractivity contribution in [3.8, 4) is 0 Å². The van der Waals surface area contributed by atoms with Crippen LogP contribution in [0.2, 0.25) is 0 Å². The number of aryl methyl sites for hydroxylation is 1. The summed E-state index contributed by atoms with van der Waals surface area (Å²) in [6.07, 6.45) is 21.5. The van der Waals surface area contributed by atoms with Crippen LogP contribution in [0.25, 0.3) is 0 Å². The fraction of sp³-hybridized carbons (Fsp3) is 0.762. The summed E-state index contributed by atoms with van der Waals surface area (Å²) >= 11 is 0. The van der Waals surface area contributed by atoms with Crippen LogP contribution >= 0.6 is 0 Å². The average Bonchev–Trinajstić information content (AvgIpc) is 2.52. The van der Waals surface area contributed by atoms with Gasteiger partial charge in [0, 0.05) is 18.6 Å². The van der Waals surface area contributed by atoms with E-state index in [1.165, 1.54) is 83.6 Å². The highest BCUT2D eigenvalue weighted by Gasteiger charge is 1.98. The minimum atomic E-state index is 0. The molecule has 0 unspecified atom stereocenters. The third-order valence-electron chi connectivity index (χ3n) is 4.48. The maximum Gasteiger partial charge on any atom is 0.168 e. The summed E-state index contributed by atoms with van der Waals surface area (Å²) in [7, 11) is 0. The minimum Gasteiger partial charge on any atom is -1.00 e. The molecule has 0 aromatic carbocycles. The van der Waals surface area contributed by atoms with E-state index >= 15 is 0 Å². The molecule has 0 amide bonds. The van der Waals surface area contributed by atoms with Gasteiger partial charge in [0.25, 0.3) is 0 Å². The number of aromatic nitrogens is 1. The maximum absolute atomic E-state index is 2.33. The summed E-state index contributed by atoms with van der Waals surface area (Å²) in [6.45, 7) is 5.84. The number of pyridine rings is 1. The van der Waals surface area contributed by atoms with Crippen molar-refractivity contribution in [3.05, 3.63) is 30.6 Å². The molecular weight excluding hydrogens is 302 g/mol. The molecule has 0 atom stereocenters. The second kappa shape index (κ2) is 16.3. The Morgan fingerprint density at radius 1 is 0.609 bits per heavy atom. The van der Waals surface area contributed by atoms with Crippen molar-refractivity contribution < 1.29 is 17.0 Å². The summed E-state index contributed by atoms with van der Waals surface area (Å²) in [5, 5.41) is 0. The molecule has 1 heterocycles. The highest BCUT2D eigenvalue weighted by Crippen LogP contribution is 2.13. The van der Waals surface area contributed by atoms with Crippen LogP contribution in [0.3, 0.4) is 0 Å². The van der Waals surface area contributed by atoms with E-state index in [1.807, 2.05) is 0 Å². The molecule has 0 fully saturated rings. The van der Waals surface area contributed by atoms with Gasteiger partial charge >= 0.3 is 0 Å². The second-order valence-corrected chi connectivity index (χ2v) is 7.18. The molecule has 0 aliphatic rings. The molecule has 0 aliphatic carbocycles. The fourth-order valence-electron chi connectivity index (χ4n) is 3.02. The Balaban J connectivity index is 0.00000484. The van der Waals surface area contributed by atoms with Crippen molar-refractivity contribution in [1.82, 2.24) is 0 Å². The minimum absolute atomic E-state index is 0. The largest absolute Gasteiger partial charge is 1.00 e. The van der Waals surface area contributed by atoms with Crippen LogP contribution in [0.15, 0.2) is 30.6 Å². The molecule has 0 aliphatic heterocycles. The van der Waals surface area contributed by atoms with Crippen molar-refractivity contribution >= 4 is 0 Å². The summed E-state index contributed by atoms with van der Waals surface area (Å²) in [5.41, 5.74) is 0. The molecule has 1 rings (SSSR count). The van der Waals surface area contributed by atoms with Gasteiger partial charge in [0.2, 0.25) is 0 Å². The van der Waals surface area contributed by atoms with E-state index in [-0.39, 0.29) is 12.4 Å². The molecule has 0 bridgehead atoms. The van der Waals surface area contributed by atoms with Gasteiger partial charge in [0.1, 0.15) is 6.54 Å². The zero-order valence-corrected chi connectivity index (χ0v) is 16.2. The van der Waals surface area contributed by atoms with Crippen molar-refractivity contribution in [3.63, 3.8) is 0 Å². The van der Waals surface area contributed by atoms with Gasteiger partial charge in [0.15, 0.2) is 12.4 Å². The zero-order chi connectivity index (χ0) is 15.9. The standard InChI is InChI=1S/C21H38N.ClH/c1-21(2)17-13-10-8-6-4-3-5-7-9-11-14-18-22-19-15-12-16-20-22;/h12,15-16,19-21H,3-11,13-14,17-18H2,1-2H3;1H/q+1;/p-1. The van der Waals surface area contributed by atoms with Gasteiger partial charge in [-0.1, -0.05) is 84.1 Å². The van der Waals surface area contributed by atoms with E-state index in [1.54, 1.807) is 0 Å². The number of rotatable bonds is 14. The molecule has 1 nitrogen and oxygen atoms in total. The fourth-order valence-corrected chi connectivity index (χ4v) is 3.02. The molecule has 23 heavy (non-hydrogen) atoms. The van der Waals surface area contributed by atoms with Crippen molar-refractivity contribution in [2.75, 3.05) is 0 Å². The lowest BCUT2D eigenvalue weighted by Gasteiger charge is -2.04. The molecule has 0 radical (unpaired) electrons. The number of unbranched alkanes of at least 4 members (excludes halogenated alkanes) is 10. The van der Waals surface area contributed by atoms with E-state index in [2.05, 4.69) is 49.0 Å². The van der Waals surface area contributed by atoms with Gasteiger partial charge in [-0.15, -0.1) is 0 Å². The van der Waals surface area contributed by atoms with Gasteiger partial charge < -0.3 is 12.4 Å². The Morgan fingerprint density at radius 3 is 1.52 bits per heavy atom. The molecule has 1 aromatic heterocycles. The second-order valence-electron chi connectivity index (χ2n) is 7.18. The van der Waals surface area contributed by atoms with E-state index in [0.717, 1.165) is 5.92 Å². The Morgan fingerprint density at radius 2 is 1.04 bits per heavy atom. The monoisotopic (exact) mass is 339 g/mol. The van der Waals surface area contributed by atoms with Crippen LogP contribution in [0, 0.1) is 5.92 Å². The summed E-state index contributed by atoms with van der Waals surface area (Å²) in [5.74, 6) is 0.889. The lowest BCUT2D eigenvalue weighted by molar-refractivity contribution is -0.697. The molecule has 2 heteroatoms. The molecule has 1 aromatic rings. The van der Waals surface area contributed by atoms with Crippen LogP contribution in [0.5, 0.6) is 0 Å². The van der Waals surface area contributed by atoms with E-state index in [4.69, 9.17) is 0 Å². The lowest BCUT2D eigenvalue weighted by atomic mass is 10.0. The van der Waals surface area contributed by atoms with Gasteiger partial charge in [-0.25, -0.2) is 4.57 Å². The molecule has 134 valence electrons. The number of halogens is 1. The zero-order valence-electron chi connectivity index (χ0n) is 15.5. The quantitative estimate of drug-likeness (QED) is 0.361. The SMILES string of the molecule is CC(C)CCCCCCCCCCCCC[n+]1ccccc1.[Cl-]. The Bertz CT molecular complexity index is 337. The van der Waals surface area contributed by atoms with Crippen LogP contribution in [-0.2, 0) is 6.54 Å². The highest BCUT2D eigenvalue weighted by atomic mass is 35.5.